The average molecular weight is 229 g/mol. The van der Waals surface area contributed by atoms with Crippen LogP contribution >= 0.6 is 0 Å². The van der Waals surface area contributed by atoms with E-state index in [1.165, 1.54) is 15.9 Å². The summed E-state index contributed by atoms with van der Waals surface area (Å²) in [6.45, 7) is 0. The maximum atomic E-state index is 6.26. The van der Waals surface area contributed by atoms with E-state index in [0.29, 0.717) is 5.92 Å². The monoisotopic (exact) mass is 229 g/mol. The summed E-state index contributed by atoms with van der Waals surface area (Å²) in [5.74, 6) is 1.16. The third-order valence-electron chi connectivity index (χ3n) is 3.40. The minimum absolute atomic E-state index is 0.0926. The van der Waals surface area contributed by atoms with Crippen molar-refractivity contribution in [3.63, 3.8) is 0 Å². The zero-order chi connectivity index (χ0) is 11.8. The summed E-state index contributed by atoms with van der Waals surface area (Å²) >= 11 is 0. The van der Waals surface area contributed by atoms with E-state index >= 15 is 0 Å². The topological polar surface area (TPSA) is 69.6 Å². The van der Waals surface area contributed by atoms with Crippen LogP contribution in [0.25, 0.3) is 0 Å². The van der Waals surface area contributed by atoms with Gasteiger partial charge in [0.15, 0.2) is 5.82 Å². The molecule has 0 radical (unpaired) electrons. The number of rotatable bonds is 2. The quantitative estimate of drug-likeness (QED) is 0.819. The van der Waals surface area contributed by atoms with Gasteiger partial charge in [0.1, 0.15) is 0 Å². The van der Waals surface area contributed by atoms with Gasteiger partial charge in [0.2, 0.25) is 0 Å². The molecule has 1 heterocycles. The molecule has 0 saturated heterocycles. The predicted molar refractivity (Wildman–Crippen MR) is 63.1 cm³/mol. The highest BCUT2D eigenvalue weighted by Crippen LogP contribution is 2.35. The highest BCUT2D eigenvalue weighted by Gasteiger charge is 2.30. The van der Waals surface area contributed by atoms with E-state index in [1.54, 1.807) is 7.05 Å². The molecular formula is C12H15N5. The van der Waals surface area contributed by atoms with Crippen LogP contribution in [0.1, 0.15) is 23.0 Å². The molecule has 0 spiro atoms. The Bertz CT molecular complexity index is 533. The number of nitrogens with two attached hydrogens (primary N) is 1. The van der Waals surface area contributed by atoms with Gasteiger partial charge in [0.25, 0.3) is 0 Å². The molecule has 0 saturated carbocycles. The van der Waals surface area contributed by atoms with Crippen molar-refractivity contribution in [3.05, 3.63) is 41.2 Å². The van der Waals surface area contributed by atoms with Crippen LogP contribution in [-0.4, -0.2) is 20.2 Å². The Morgan fingerprint density at radius 2 is 2.24 bits per heavy atom. The van der Waals surface area contributed by atoms with E-state index in [0.717, 1.165) is 18.7 Å². The van der Waals surface area contributed by atoms with Crippen LogP contribution in [0.5, 0.6) is 0 Å². The Labute approximate surface area is 99.6 Å². The Morgan fingerprint density at radius 3 is 2.94 bits per heavy atom. The average Bonchev–Trinajstić information content (AvgIpc) is 2.86. The minimum atomic E-state index is 0.0926. The Hall–Kier alpha value is -1.75. The van der Waals surface area contributed by atoms with Crippen molar-refractivity contribution in [2.45, 2.75) is 18.9 Å². The third-order valence-corrected chi connectivity index (χ3v) is 3.40. The molecule has 2 aromatic rings. The molecule has 1 aromatic heterocycles. The van der Waals surface area contributed by atoms with Gasteiger partial charge in [0, 0.05) is 12.5 Å². The van der Waals surface area contributed by atoms with Crippen molar-refractivity contribution in [1.29, 1.82) is 0 Å². The van der Waals surface area contributed by atoms with Gasteiger partial charge in [-0.3, -0.25) is 0 Å². The molecule has 1 aromatic carbocycles. The second-order valence-corrected chi connectivity index (χ2v) is 4.59. The molecule has 1 aliphatic rings. The number of nitrogens with zero attached hydrogens (tertiary/aromatic N) is 4. The fourth-order valence-corrected chi connectivity index (χ4v) is 2.55. The van der Waals surface area contributed by atoms with Gasteiger partial charge >= 0.3 is 0 Å². The molecule has 17 heavy (non-hydrogen) atoms. The zero-order valence-electron chi connectivity index (χ0n) is 9.74. The molecule has 2 N–H and O–H groups in total. The van der Waals surface area contributed by atoms with E-state index in [9.17, 15) is 0 Å². The van der Waals surface area contributed by atoms with E-state index in [-0.39, 0.29) is 6.04 Å². The van der Waals surface area contributed by atoms with Crippen molar-refractivity contribution >= 4 is 0 Å². The van der Waals surface area contributed by atoms with Gasteiger partial charge in [-0.1, -0.05) is 24.3 Å². The number of fused-ring (bicyclic) bond motifs is 1. The fraction of sp³-hybridized carbons (Fsp3) is 0.417. The van der Waals surface area contributed by atoms with Crippen LogP contribution in [0.4, 0.5) is 0 Å². The standard InChI is InChI=1S/C12H15N5/c1-17-15-11(14-16-17)7-9-6-8-4-2-3-5-10(8)12(9)13/h2-5,9,12H,6-7,13H2,1H3. The van der Waals surface area contributed by atoms with Crippen LogP contribution in [-0.2, 0) is 19.9 Å². The van der Waals surface area contributed by atoms with Crippen molar-refractivity contribution in [2.24, 2.45) is 18.7 Å². The minimum Gasteiger partial charge on any atom is -0.324 e. The molecule has 2 atom stereocenters. The maximum absolute atomic E-state index is 6.26. The first-order valence-electron chi connectivity index (χ1n) is 5.80. The van der Waals surface area contributed by atoms with Crippen molar-refractivity contribution < 1.29 is 0 Å². The molecular weight excluding hydrogens is 214 g/mol. The zero-order valence-corrected chi connectivity index (χ0v) is 9.74. The van der Waals surface area contributed by atoms with Crippen molar-refractivity contribution in [2.75, 3.05) is 0 Å². The van der Waals surface area contributed by atoms with Crippen LogP contribution in [0, 0.1) is 5.92 Å². The molecule has 0 amide bonds. The maximum Gasteiger partial charge on any atom is 0.175 e. The van der Waals surface area contributed by atoms with E-state index < -0.39 is 0 Å². The molecule has 88 valence electrons. The highest BCUT2D eigenvalue weighted by molar-refractivity contribution is 5.35. The van der Waals surface area contributed by atoms with Gasteiger partial charge in [0.05, 0.1) is 7.05 Å². The van der Waals surface area contributed by atoms with E-state index in [4.69, 9.17) is 5.73 Å². The van der Waals surface area contributed by atoms with E-state index in [2.05, 4.69) is 33.6 Å². The van der Waals surface area contributed by atoms with Gasteiger partial charge in [-0.15, -0.1) is 10.2 Å². The fourth-order valence-electron chi connectivity index (χ4n) is 2.55. The summed E-state index contributed by atoms with van der Waals surface area (Å²) in [5.41, 5.74) is 8.88. The van der Waals surface area contributed by atoms with Gasteiger partial charge in [-0.05, 0) is 28.7 Å². The lowest BCUT2D eigenvalue weighted by atomic mass is 9.97. The van der Waals surface area contributed by atoms with Crippen LogP contribution in [0.3, 0.4) is 0 Å². The van der Waals surface area contributed by atoms with Gasteiger partial charge in [-0.25, -0.2) is 0 Å². The number of tetrazole rings is 1. The summed E-state index contributed by atoms with van der Waals surface area (Å²) < 4.78 is 0. The largest absolute Gasteiger partial charge is 0.324 e. The molecule has 3 rings (SSSR count). The summed E-state index contributed by atoms with van der Waals surface area (Å²) in [7, 11) is 1.78. The summed E-state index contributed by atoms with van der Waals surface area (Å²) in [6, 6.07) is 8.47. The summed E-state index contributed by atoms with van der Waals surface area (Å²) in [6.07, 6.45) is 1.80. The Balaban J connectivity index is 1.80. The lowest BCUT2D eigenvalue weighted by molar-refractivity contribution is 0.453. The van der Waals surface area contributed by atoms with Crippen molar-refractivity contribution in [1.82, 2.24) is 20.2 Å². The number of aryl methyl sites for hydroxylation is 1. The molecule has 5 nitrogen and oxygen atoms in total. The lowest BCUT2D eigenvalue weighted by Crippen LogP contribution is -2.19. The molecule has 2 unspecified atom stereocenters. The first-order valence-corrected chi connectivity index (χ1v) is 5.80. The third kappa shape index (κ3) is 1.82. The number of aromatic nitrogens is 4. The van der Waals surface area contributed by atoms with Gasteiger partial charge < -0.3 is 5.73 Å². The molecule has 0 aliphatic heterocycles. The number of benzene rings is 1. The second-order valence-electron chi connectivity index (χ2n) is 4.59. The molecule has 0 bridgehead atoms. The lowest BCUT2D eigenvalue weighted by Gasteiger charge is -2.13. The Kier molecular flexibility index (Phi) is 2.40. The SMILES string of the molecule is Cn1nnc(CC2Cc3ccccc3C2N)n1. The Morgan fingerprint density at radius 1 is 1.41 bits per heavy atom. The highest BCUT2D eigenvalue weighted by atomic mass is 15.6. The second kappa shape index (κ2) is 3.92. The number of hydrogen-bond acceptors (Lipinski definition) is 4. The van der Waals surface area contributed by atoms with Gasteiger partial charge in [-0.2, -0.15) is 4.80 Å². The van der Waals surface area contributed by atoms with Crippen molar-refractivity contribution in [3.8, 4) is 0 Å². The summed E-state index contributed by atoms with van der Waals surface area (Å²) in [5, 5.41) is 12.1. The smallest absolute Gasteiger partial charge is 0.175 e. The van der Waals surface area contributed by atoms with Crippen LogP contribution in [0.2, 0.25) is 0 Å². The molecule has 1 aliphatic carbocycles. The van der Waals surface area contributed by atoms with Crippen LogP contribution in [0.15, 0.2) is 24.3 Å². The summed E-state index contributed by atoms with van der Waals surface area (Å²) in [4.78, 5) is 1.49. The van der Waals surface area contributed by atoms with Crippen LogP contribution < -0.4 is 5.73 Å². The first-order chi connectivity index (χ1) is 8.24. The molecule has 5 heteroatoms. The normalized spacial score (nSPS) is 22.7. The number of hydrogen-bond donors (Lipinski definition) is 1. The molecule has 0 fully saturated rings. The van der Waals surface area contributed by atoms with E-state index in [1.807, 2.05) is 6.07 Å². The predicted octanol–water partition coefficient (Wildman–Crippen LogP) is 0.625. The first kappa shape index (κ1) is 10.4.